The van der Waals surface area contributed by atoms with E-state index in [0.29, 0.717) is 18.7 Å². The second-order valence-electron chi connectivity index (χ2n) is 4.85. The van der Waals surface area contributed by atoms with Gasteiger partial charge in [0, 0.05) is 26.2 Å². The molecular formula is C14H18N4O. The first-order chi connectivity index (χ1) is 9.11. The Morgan fingerprint density at radius 1 is 1.63 bits per heavy atom. The molecule has 1 fully saturated rings. The molecule has 1 aliphatic heterocycles. The van der Waals surface area contributed by atoms with Crippen molar-refractivity contribution in [1.82, 2.24) is 10.2 Å². The summed E-state index contributed by atoms with van der Waals surface area (Å²) < 4.78 is 0. The van der Waals surface area contributed by atoms with Crippen molar-refractivity contribution >= 4 is 5.91 Å². The molecule has 5 nitrogen and oxygen atoms in total. The van der Waals surface area contributed by atoms with Gasteiger partial charge in [-0.2, -0.15) is 5.26 Å². The molecule has 1 aromatic carbocycles. The summed E-state index contributed by atoms with van der Waals surface area (Å²) >= 11 is 0. The molecule has 1 amide bonds. The van der Waals surface area contributed by atoms with Crippen LogP contribution >= 0.6 is 0 Å². The first-order valence-corrected chi connectivity index (χ1v) is 6.35. The minimum Gasteiger partial charge on any atom is -0.368 e. The normalized spacial score (nSPS) is 19.9. The van der Waals surface area contributed by atoms with Crippen LogP contribution in [0.4, 0.5) is 0 Å². The van der Waals surface area contributed by atoms with Crippen molar-refractivity contribution in [3.63, 3.8) is 0 Å². The highest BCUT2D eigenvalue weighted by molar-refractivity contribution is 5.80. The summed E-state index contributed by atoms with van der Waals surface area (Å²) in [4.78, 5) is 13.5. The molecule has 0 radical (unpaired) electrons. The van der Waals surface area contributed by atoms with Gasteiger partial charge in [0.05, 0.1) is 11.6 Å². The molecule has 100 valence electrons. The lowest BCUT2D eigenvalue weighted by Gasteiger charge is -2.34. The Hall–Kier alpha value is -1.90. The van der Waals surface area contributed by atoms with Crippen molar-refractivity contribution < 1.29 is 4.79 Å². The van der Waals surface area contributed by atoms with Crippen molar-refractivity contribution in [2.24, 2.45) is 5.73 Å². The van der Waals surface area contributed by atoms with E-state index >= 15 is 0 Å². The fourth-order valence-corrected chi connectivity index (χ4v) is 2.38. The van der Waals surface area contributed by atoms with Crippen molar-refractivity contribution in [2.75, 3.05) is 19.6 Å². The van der Waals surface area contributed by atoms with Gasteiger partial charge in [0.15, 0.2) is 0 Å². The third-order valence-electron chi connectivity index (χ3n) is 3.53. The van der Waals surface area contributed by atoms with Crippen LogP contribution in [0.15, 0.2) is 18.2 Å². The van der Waals surface area contributed by atoms with Gasteiger partial charge in [-0.3, -0.25) is 9.69 Å². The molecule has 1 aliphatic rings. The van der Waals surface area contributed by atoms with E-state index in [2.05, 4.69) is 16.3 Å². The van der Waals surface area contributed by atoms with Gasteiger partial charge >= 0.3 is 0 Å². The van der Waals surface area contributed by atoms with Crippen molar-refractivity contribution in [2.45, 2.75) is 19.5 Å². The predicted molar refractivity (Wildman–Crippen MR) is 72.2 cm³/mol. The summed E-state index contributed by atoms with van der Waals surface area (Å²) in [5, 5.41) is 12.0. The highest BCUT2D eigenvalue weighted by Gasteiger charge is 2.26. The van der Waals surface area contributed by atoms with E-state index in [-0.39, 0.29) is 11.9 Å². The molecular weight excluding hydrogens is 240 g/mol. The molecule has 0 aliphatic carbocycles. The molecule has 1 aromatic rings. The van der Waals surface area contributed by atoms with Crippen LogP contribution in [0, 0.1) is 18.3 Å². The predicted octanol–water partition coefficient (Wildman–Crippen LogP) is 0.126. The van der Waals surface area contributed by atoms with E-state index in [1.165, 1.54) is 0 Å². The van der Waals surface area contributed by atoms with Crippen LogP contribution in [-0.2, 0) is 11.3 Å². The van der Waals surface area contributed by atoms with Crippen LogP contribution < -0.4 is 11.1 Å². The maximum absolute atomic E-state index is 11.4. The minimum atomic E-state index is -0.293. The number of aryl methyl sites for hydroxylation is 1. The topological polar surface area (TPSA) is 82.2 Å². The van der Waals surface area contributed by atoms with Gasteiger partial charge in [0.1, 0.15) is 6.04 Å². The van der Waals surface area contributed by atoms with Gasteiger partial charge in [-0.15, -0.1) is 0 Å². The zero-order chi connectivity index (χ0) is 13.8. The monoisotopic (exact) mass is 258 g/mol. The number of nitrogens with two attached hydrogens (primary N) is 1. The number of nitriles is 1. The summed E-state index contributed by atoms with van der Waals surface area (Å²) in [5.74, 6) is -0.293. The van der Waals surface area contributed by atoms with Crippen molar-refractivity contribution in [3.8, 4) is 6.07 Å². The number of carbonyl (C=O) groups is 1. The Bertz CT molecular complexity index is 521. The summed E-state index contributed by atoms with van der Waals surface area (Å²) in [6.45, 7) is 4.93. The zero-order valence-corrected chi connectivity index (χ0v) is 11.0. The van der Waals surface area contributed by atoms with Crippen LogP contribution in [0.25, 0.3) is 0 Å². The summed E-state index contributed by atoms with van der Waals surface area (Å²) in [6, 6.07) is 7.50. The van der Waals surface area contributed by atoms with Gasteiger partial charge in [0.2, 0.25) is 5.91 Å². The van der Waals surface area contributed by atoms with Gasteiger partial charge in [-0.25, -0.2) is 0 Å². The zero-order valence-electron chi connectivity index (χ0n) is 11.0. The maximum atomic E-state index is 11.4. The van der Waals surface area contributed by atoms with Crippen LogP contribution in [0.5, 0.6) is 0 Å². The number of nitrogens with one attached hydrogen (secondary N) is 1. The van der Waals surface area contributed by atoms with Crippen LogP contribution in [0.3, 0.4) is 0 Å². The Morgan fingerprint density at radius 3 is 3.05 bits per heavy atom. The lowest BCUT2D eigenvalue weighted by Crippen LogP contribution is -2.56. The number of primary amides is 1. The number of carbonyl (C=O) groups excluding carboxylic acids is 1. The SMILES string of the molecule is Cc1cc(C#N)ccc1CN1CCNCC1C(N)=O. The van der Waals surface area contributed by atoms with E-state index in [1.54, 1.807) is 0 Å². The average molecular weight is 258 g/mol. The number of hydrogen-bond donors (Lipinski definition) is 2. The number of rotatable bonds is 3. The number of piperazine rings is 1. The number of hydrogen-bond acceptors (Lipinski definition) is 4. The molecule has 5 heteroatoms. The summed E-state index contributed by atoms with van der Waals surface area (Å²) in [7, 11) is 0. The van der Waals surface area contributed by atoms with Gasteiger partial charge in [-0.1, -0.05) is 6.07 Å². The highest BCUT2D eigenvalue weighted by Crippen LogP contribution is 2.15. The Balaban J connectivity index is 2.15. The highest BCUT2D eigenvalue weighted by atomic mass is 16.1. The van der Waals surface area contributed by atoms with Gasteiger partial charge in [0.25, 0.3) is 0 Å². The van der Waals surface area contributed by atoms with Crippen LogP contribution in [-0.4, -0.2) is 36.5 Å². The molecule has 1 saturated heterocycles. The van der Waals surface area contributed by atoms with E-state index < -0.39 is 0 Å². The van der Waals surface area contributed by atoms with E-state index in [9.17, 15) is 4.79 Å². The fraction of sp³-hybridized carbons (Fsp3) is 0.429. The van der Waals surface area contributed by atoms with E-state index in [4.69, 9.17) is 11.0 Å². The number of nitrogens with zero attached hydrogens (tertiary/aromatic N) is 2. The second-order valence-corrected chi connectivity index (χ2v) is 4.85. The molecule has 3 N–H and O–H groups in total. The Kier molecular flexibility index (Phi) is 4.15. The minimum absolute atomic E-state index is 0.260. The third kappa shape index (κ3) is 3.11. The molecule has 2 rings (SSSR count). The fourth-order valence-electron chi connectivity index (χ4n) is 2.38. The maximum Gasteiger partial charge on any atom is 0.236 e. The third-order valence-corrected chi connectivity index (χ3v) is 3.53. The van der Waals surface area contributed by atoms with E-state index in [0.717, 1.165) is 24.2 Å². The standard InChI is InChI=1S/C14H18N4O/c1-10-6-11(7-15)2-3-12(10)9-18-5-4-17-8-13(18)14(16)19/h2-3,6,13,17H,4-5,8-9H2,1H3,(H2,16,19). The van der Waals surface area contributed by atoms with Crippen LogP contribution in [0.1, 0.15) is 16.7 Å². The smallest absolute Gasteiger partial charge is 0.236 e. The molecule has 0 spiro atoms. The molecule has 0 saturated carbocycles. The molecule has 0 bridgehead atoms. The Morgan fingerprint density at radius 2 is 2.42 bits per heavy atom. The first kappa shape index (κ1) is 13.5. The Labute approximate surface area is 113 Å². The lowest BCUT2D eigenvalue weighted by molar-refractivity contribution is -0.124. The number of benzene rings is 1. The summed E-state index contributed by atoms with van der Waals surface area (Å²) in [5.41, 5.74) is 8.29. The molecule has 1 heterocycles. The molecule has 0 aromatic heterocycles. The number of amides is 1. The van der Waals surface area contributed by atoms with Gasteiger partial charge in [-0.05, 0) is 30.2 Å². The van der Waals surface area contributed by atoms with Crippen LogP contribution in [0.2, 0.25) is 0 Å². The molecule has 1 atom stereocenters. The van der Waals surface area contributed by atoms with Gasteiger partial charge < -0.3 is 11.1 Å². The molecule has 1 unspecified atom stereocenters. The quantitative estimate of drug-likeness (QED) is 0.807. The second kappa shape index (κ2) is 5.83. The van der Waals surface area contributed by atoms with Crippen molar-refractivity contribution in [1.29, 1.82) is 5.26 Å². The summed E-state index contributed by atoms with van der Waals surface area (Å²) in [6.07, 6.45) is 0. The largest absolute Gasteiger partial charge is 0.368 e. The average Bonchev–Trinajstić information content (AvgIpc) is 2.41. The first-order valence-electron chi connectivity index (χ1n) is 6.35. The van der Waals surface area contributed by atoms with Crippen molar-refractivity contribution in [3.05, 3.63) is 34.9 Å². The molecule has 19 heavy (non-hydrogen) atoms. The van der Waals surface area contributed by atoms with E-state index in [1.807, 2.05) is 25.1 Å². The lowest BCUT2D eigenvalue weighted by atomic mass is 10.0.